The number of piperazine rings is 1. The predicted octanol–water partition coefficient (Wildman–Crippen LogP) is 2.35. The number of nitrogens with zero attached hydrogens (tertiary/aromatic N) is 2. The summed E-state index contributed by atoms with van der Waals surface area (Å²) in [6.45, 7) is 5.11. The molecule has 0 aliphatic carbocycles. The van der Waals surface area contributed by atoms with Crippen LogP contribution in [0.1, 0.15) is 23.2 Å². The first-order chi connectivity index (χ1) is 14.2. The van der Waals surface area contributed by atoms with Crippen molar-refractivity contribution in [1.82, 2.24) is 10.2 Å². The molecule has 6 nitrogen and oxygen atoms in total. The van der Waals surface area contributed by atoms with Crippen LogP contribution in [0.15, 0.2) is 54.6 Å². The molecule has 2 heterocycles. The van der Waals surface area contributed by atoms with Crippen LogP contribution in [0.2, 0.25) is 0 Å². The molecule has 29 heavy (non-hydrogen) atoms. The average molecular weight is 393 g/mol. The molecular weight excluding hydrogens is 366 g/mol. The summed E-state index contributed by atoms with van der Waals surface area (Å²) in [5.74, 6) is 0.434. The first-order valence-corrected chi connectivity index (χ1v) is 10.3. The summed E-state index contributed by atoms with van der Waals surface area (Å²) in [5.41, 5.74) is 1.81. The Hall–Kier alpha value is -2.86. The molecular formula is C23H27N3O3. The summed E-state index contributed by atoms with van der Waals surface area (Å²) in [5, 5.41) is 2.84. The van der Waals surface area contributed by atoms with Crippen molar-refractivity contribution in [3.8, 4) is 5.75 Å². The third kappa shape index (κ3) is 4.77. The molecule has 0 radical (unpaired) electrons. The first kappa shape index (κ1) is 19.5. The minimum Gasteiger partial charge on any atom is -0.490 e. The molecule has 1 amide bonds. The van der Waals surface area contributed by atoms with E-state index in [1.165, 1.54) is 5.69 Å². The standard InChI is InChI=1S/C23H27N3O3/c27-22(24-20-17-29-21-10-5-4-9-19(21)23(20)28)11-6-12-25-13-15-26(16-14-25)18-7-2-1-3-8-18/h1-5,7-10,20H,6,11-17H2,(H,24,27). The van der Waals surface area contributed by atoms with Crippen LogP contribution >= 0.6 is 0 Å². The third-order valence-electron chi connectivity index (χ3n) is 5.58. The number of hydrogen-bond acceptors (Lipinski definition) is 5. The van der Waals surface area contributed by atoms with E-state index in [0.717, 1.165) is 39.1 Å². The van der Waals surface area contributed by atoms with E-state index in [1.807, 2.05) is 18.2 Å². The normalized spacial score (nSPS) is 19.4. The van der Waals surface area contributed by atoms with Gasteiger partial charge in [0.1, 0.15) is 18.4 Å². The fourth-order valence-corrected chi connectivity index (χ4v) is 3.94. The Balaban J connectivity index is 1.17. The Labute approximate surface area is 171 Å². The number of ether oxygens (including phenoxy) is 1. The number of hydrogen-bond donors (Lipinski definition) is 1. The van der Waals surface area contributed by atoms with Crippen LogP contribution in [-0.4, -0.2) is 62.0 Å². The minimum absolute atomic E-state index is 0.0720. The number of carbonyl (C=O) groups is 2. The van der Waals surface area contributed by atoms with Gasteiger partial charge >= 0.3 is 0 Å². The van der Waals surface area contributed by atoms with Crippen molar-refractivity contribution in [2.75, 3.05) is 44.2 Å². The number of fused-ring (bicyclic) bond motifs is 1. The second-order valence-corrected chi connectivity index (χ2v) is 7.56. The van der Waals surface area contributed by atoms with Crippen LogP contribution in [0.3, 0.4) is 0 Å². The Bertz CT molecular complexity index is 847. The number of para-hydroxylation sites is 2. The Morgan fingerprint density at radius 3 is 2.52 bits per heavy atom. The highest BCUT2D eigenvalue weighted by molar-refractivity contribution is 6.04. The number of carbonyl (C=O) groups excluding carboxylic acids is 2. The zero-order valence-corrected chi connectivity index (χ0v) is 16.5. The molecule has 1 fully saturated rings. The molecule has 1 unspecified atom stereocenters. The highest BCUT2D eigenvalue weighted by atomic mass is 16.5. The van der Waals surface area contributed by atoms with Gasteiger partial charge in [-0.3, -0.25) is 14.5 Å². The lowest BCUT2D eigenvalue weighted by Gasteiger charge is -2.36. The van der Waals surface area contributed by atoms with Crippen LogP contribution in [0, 0.1) is 0 Å². The maximum Gasteiger partial charge on any atom is 0.220 e. The monoisotopic (exact) mass is 393 g/mol. The summed E-state index contributed by atoms with van der Waals surface area (Å²) in [7, 11) is 0. The molecule has 152 valence electrons. The maximum atomic E-state index is 12.5. The van der Waals surface area contributed by atoms with E-state index in [0.29, 0.717) is 17.7 Å². The lowest BCUT2D eigenvalue weighted by Crippen LogP contribution is -2.48. The van der Waals surface area contributed by atoms with Gasteiger partial charge < -0.3 is 15.0 Å². The van der Waals surface area contributed by atoms with Gasteiger partial charge in [-0.25, -0.2) is 0 Å². The molecule has 1 saturated heterocycles. The summed E-state index contributed by atoms with van der Waals surface area (Å²) < 4.78 is 5.61. The molecule has 1 N–H and O–H groups in total. The van der Waals surface area contributed by atoms with Crippen molar-refractivity contribution in [2.24, 2.45) is 0 Å². The number of anilines is 1. The summed E-state index contributed by atoms with van der Waals surface area (Å²) in [6, 6.07) is 17.1. The highest BCUT2D eigenvalue weighted by Crippen LogP contribution is 2.24. The number of nitrogens with one attached hydrogen (secondary N) is 1. The number of benzene rings is 2. The van der Waals surface area contributed by atoms with E-state index < -0.39 is 6.04 Å². The second-order valence-electron chi connectivity index (χ2n) is 7.56. The molecule has 2 aromatic carbocycles. The molecule has 2 aromatic rings. The number of Topliss-reactive ketones (excluding diaryl/α,β-unsaturated/α-hetero) is 1. The van der Waals surface area contributed by atoms with Crippen LogP contribution in [-0.2, 0) is 4.79 Å². The van der Waals surface area contributed by atoms with Gasteiger partial charge in [0.15, 0.2) is 5.78 Å². The van der Waals surface area contributed by atoms with Crippen LogP contribution in [0.25, 0.3) is 0 Å². The van der Waals surface area contributed by atoms with Crippen molar-refractivity contribution in [1.29, 1.82) is 0 Å². The largest absolute Gasteiger partial charge is 0.490 e. The SMILES string of the molecule is O=C(CCCN1CCN(c2ccccc2)CC1)NC1COc2ccccc2C1=O. The Kier molecular flexibility index (Phi) is 6.10. The van der Waals surface area contributed by atoms with Gasteiger partial charge in [-0.1, -0.05) is 30.3 Å². The summed E-state index contributed by atoms with van der Waals surface area (Å²) >= 11 is 0. The Morgan fingerprint density at radius 1 is 1.00 bits per heavy atom. The van der Waals surface area contributed by atoms with Gasteiger partial charge in [0, 0.05) is 38.3 Å². The van der Waals surface area contributed by atoms with Crippen LogP contribution in [0.5, 0.6) is 5.75 Å². The topological polar surface area (TPSA) is 61.9 Å². The van der Waals surface area contributed by atoms with Gasteiger partial charge in [-0.05, 0) is 37.2 Å². The van der Waals surface area contributed by atoms with Crippen molar-refractivity contribution in [3.63, 3.8) is 0 Å². The van der Waals surface area contributed by atoms with Gasteiger partial charge in [0.2, 0.25) is 5.91 Å². The van der Waals surface area contributed by atoms with Gasteiger partial charge in [-0.2, -0.15) is 0 Å². The number of rotatable bonds is 6. The molecule has 0 saturated carbocycles. The molecule has 0 aromatic heterocycles. The summed E-state index contributed by atoms with van der Waals surface area (Å²) in [4.78, 5) is 29.6. The van der Waals surface area contributed by atoms with Crippen LogP contribution < -0.4 is 15.0 Å². The fraction of sp³-hybridized carbons (Fsp3) is 0.391. The zero-order chi connectivity index (χ0) is 20.1. The molecule has 1 atom stereocenters. The van der Waals surface area contributed by atoms with Crippen molar-refractivity contribution in [2.45, 2.75) is 18.9 Å². The Morgan fingerprint density at radius 2 is 1.72 bits per heavy atom. The van der Waals surface area contributed by atoms with Crippen LogP contribution in [0.4, 0.5) is 5.69 Å². The molecule has 0 spiro atoms. The molecule has 6 heteroatoms. The van der Waals surface area contributed by atoms with Gasteiger partial charge in [-0.15, -0.1) is 0 Å². The van der Waals surface area contributed by atoms with E-state index in [2.05, 4.69) is 39.4 Å². The smallest absolute Gasteiger partial charge is 0.220 e. The zero-order valence-electron chi connectivity index (χ0n) is 16.5. The average Bonchev–Trinajstić information content (AvgIpc) is 2.77. The lowest BCUT2D eigenvalue weighted by molar-refractivity contribution is -0.122. The minimum atomic E-state index is -0.591. The van der Waals surface area contributed by atoms with Gasteiger partial charge in [0.25, 0.3) is 0 Å². The van der Waals surface area contributed by atoms with E-state index in [4.69, 9.17) is 4.74 Å². The number of amides is 1. The van der Waals surface area contributed by atoms with Crippen molar-refractivity contribution < 1.29 is 14.3 Å². The van der Waals surface area contributed by atoms with Crippen molar-refractivity contribution in [3.05, 3.63) is 60.2 Å². The highest BCUT2D eigenvalue weighted by Gasteiger charge is 2.29. The lowest BCUT2D eigenvalue weighted by atomic mass is 10.0. The maximum absolute atomic E-state index is 12.5. The fourth-order valence-electron chi connectivity index (χ4n) is 3.94. The van der Waals surface area contributed by atoms with Crippen molar-refractivity contribution >= 4 is 17.4 Å². The van der Waals surface area contributed by atoms with E-state index in [-0.39, 0.29) is 18.3 Å². The molecule has 0 bridgehead atoms. The van der Waals surface area contributed by atoms with E-state index in [1.54, 1.807) is 12.1 Å². The third-order valence-corrected chi connectivity index (χ3v) is 5.58. The quantitative estimate of drug-likeness (QED) is 0.816. The number of ketones is 1. The second kappa shape index (κ2) is 9.09. The predicted molar refractivity (Wildman–Crippen MR) is 113 cm³/mol. The van der Waals surface area contributed by atoms with Gasteiger partial charge in [0.05, 0.1) is 5.56 Å². The van der Waals surface area contributed by atoms with E-state index >= 15 is 0 Å². The molecule has 4 rings (SSSR count). The molecule has 2 aliphatic rings. The van der Waals surface area contributed by atoms with E-state index in [9.17, 15) is 9.59 Å². The summed E-state index contributed by atoms with van der Waals surface area (Å²) in [6.07, 6.45) is 1.21. The first-order valence-electron chi connectivity index (χ1n) is 10.3. The molecule has 2 aliphatic heterocycles.